The second-order valence-electron chi connectivity index (χ2n) is 3.11. The Morgan fingerprint density at radius 3 is 2.86 bits per heavy atom. The zero-order valence-electron chi connectivity index (χ0n) is 8.07. The van der Waals surface area contributed by atoms with Gasteiger partial charge in [-0.05, 0) is 28.6 Å². The molecule has 1 aromatic carbocycles. The van der Waals surface area contributed by atoms with Crippen molar-refractivity contribution >= 4 is 11.3 Å². The minimum atomic E-state index is 0.680. The highest BCUT2D eigenvalue weighted by atomic mass is 32.1. The van der Waals surface area contributed by atoms with Crippen LogP contribution in [0.3, 0.4) is 0 Å². The fourth-order valence-corrected chi connectivity index (χ4v) is 2.15. The highest BCUT2D eigenvalue weighted by Gasteiger charge is 1.99. The van der Waals surface area contributed by atoms with E-state index in [1.54, 1.807) is 18.4 Å². The number of thiophene rings is 1. The summed E-state index contributed by atoms with van der Waals surface area (Å²) >= 11 is 1.76. The third-order valence-electron chi connectivity index (χ3n) is 2.04. The largest absolute Gasteiger partial charge is 0.380 e. The Morgan fingerprint density at radius 1 is 1.21 bits per heavy atom. The predicted molar refractivity (Wildman–Crippen MR) is 60.5 cm³/mol. The van der Waals surface area contributed by atoms with E-state index in [2.05, 4.69) is 41.8 Å². The van der Waals surface area contributed by atoms with Gasteiger partial charge < -0.3 is 4.74 Å². The second-order valence-corrected chi connectivity index (χ2v) is 4.06. The number of benzene rings is 1. The normalized spacial score (nSPS) is 10.4. The molecule has 0 radical (unpaired) electrons. The molecule has 0 aliphatic heterocycles. The molecule has 1 aromatic heterocycles. The van der Waals surface area contributed by atoms with Crippen LogP contribution in [0.1, 0.15) is 5.56 Å². The molecular weight excluding hydrogens is 192 g/mol. The first kappa shape index (κ1) is 9.44. The summed E-state index contributed by atoms with van der Waals surface area (Å²) in [7, 11) is 1.72. The zero-order valence-corrected chi connectivity index (χ0v) is 8.88. The van der Waals surface area contributed by atoms with Crippen molar-refractivity contribution in [1.29, 1.82) is 0 Å². The average Bonchev–Trinajstić information content (AvgIpc) is 2.71. The van der Waals surface area contributed by atoms with Crippen LogP contribution in [0.4, 0.5) is 0 Å². The molecule has 1 nitrogen and oxygen atoms in total. The molecule has 72 valence electrons. The molecule has 0 aliphatic carbocycles. The van der Waals surface area contributed by atoms with E-state index in [1.165, 1.54) is 16.0 Å². The molecule has 0 bridgehead atoms. The van der Waals surface area contributed by atoms with Gasteiger partial charge >= 0.3 is 0 Å². The van der Waals surface area contributed by atoms with Crippen molar-refractivity contribution < 1.29 is 4.74 Å². The molecule has 2 aromatic rings. The van der Waals surface area contributed by atoms with Gasteiger partial charge in [-0.3, -0.25) is 0 Å². The lowest BCUT2D eigenvalue weighted by molar-refractivity contribution is 0.185. The fraction of sp³-hybridized carbons (Fsp3) is 0.167. The third kappa shape index (κ3) is 2.03. The fourth-order valence-electron chi connectivity index (χ4n) is 1.42. The standard InChI is InChI=1S/C12H12OS/c1-13-9-10-4-2-5-11(8-10)12-6-3-7-14-12/h2-8H,9H2,1H3. The van der Waals surface area contributed by atoms with Crippen LogP contribution in [0, 0.1) is 0 Å². The summed E-state index contributed by atoms with van der Waals surface area (Å²) in [4.78, 5) is 1.31. The summed E-state index contributed by atoms with van der Waals surface area (Å²) in [6, 6.07) is 12.7. The maximum Gasteiger partial charge on any atom is 0.0713 e. The molecule has 0 amide bonds. The molecule has 0 N–H and O–H groups in total. The first-order chi connectivity index (χ1) is 6.90. The third-order valence-corrected chi connectivity index (χ3v) is 2.96. The Hall–Kier alpha value is -1.12. The van der Waals surface area contributed by atoms with Crippen molar-refractivity contribution in [2.24, 2.45) is 0 Å². The second kappa shape index (κ2) is 4.40. The maximum absolute atomic E-state index is 5.10. The monoisotopic (exact) mass is 204 g/mol. The first-order valence-electron chi connectivity index (χ1n) is 4.52. The number of ether oxygens (including phenoxy) is 1. The average molecular weight is 204 g/mol. The number of hydrogen-bond acceptors (Lipinski definition) is 2. The van der Waals surface area contributed by atoms with Gasteiger partial charge in [-0.2, -0.15) is 0 Å². The van der Waals surface area contributed by atoms with E-state index in [0.717, 1.165) is 0 Å². The first-order valence-corrected chi connectivity index (χ1v) is 5.40. The van der Waals surface area contributed by atoms with Crippen molar-refractivity contribution in [2.45, 2.75) is 6.61 Å². The van der Waals surface area contributed by atoms with Crippen molar-refractivity contribution in [1.82, 2.24) is 0 Å². The van der Waals surface area contributed by atoms with Crippen molar-refractivity contribution in [3.8, 4) is 10.4 Å². The molecule has 2 rings (SSSR count). The van der Waals surface area contributed by atoms with Gasteiger partial charge in [0.2, 0.25) is 0 Å². The van der Waals surface area contributed by atoms with E-state index in [0.29, 0.717) is 6.61 Å². The van der Waals surface area contributed by atoms with Gasteiger partial charge in [0.05, 0.1) is 6.61 Å². The molecule has 1 heterocycles. The maximum atomic E-state index is 5.10. The lowest BCUT2D eigenvalue weighted by atomic mass is 10.1. The van der Waals surface area contributed by atoms with Gasteiger partial charge in [0, 0.05) is 12.0 Å². The van der Waals surface area contributed by atoms with Crippen molar-refractivity contribution in [3.05, 3.63) is 47.3 Å². The number of methoxy groups -OCH3 is 1. The minimum Gasteiger partial charge on any atom is -0.380 e. The highest BCUT2D eigenvalue weighted by molar-refractivity contribution is 7.13. The topological polar surface area (TPSA) is 9.23 Å². The van der Waals surface area contributed by atoms with Gasteiger partial charge in [-0.1, -0.05) is 24.3 Å². The Balaban J connectivity index is 2.31. The molecule has 14 heavy (non-hydrogen) atoms. The predicted octanol–water partition coefficient (Wildman–Crippen LogP) is 3.56. The number of hydrogen-bond donors (Lipinski definition) is 0. The summed E-state index contributed by atoms with van der Waals surface area (Å²) in [6.07, 6.45) is 0. The van der Waals surface area contributed by atoms with E-state index in [4.69, 9.17) is 4.74 Å². The van der Waals surface area contributed by atoms with Crippen LogP contribution in [-0.4, -0.2) is 7.11 Å². The Bertz CT molecular complexity index is 392. The Morgan fingerprint density at radius 2 is 2.14 bits per heavy atom. The van der Waals surface area contributed by atoms with Crippen LogP contribution in [0.2, 0.25) is 0 Å². The van der Waals surface area contributed by atoms with Crippen LogP contribution in [-0.2, 0) is 11.3 Å². The lowest BCUT2D eigenvalue weighted by Gasteiger charge is -2.02. The summed E-state index contributed by atoms with van der Waals surface area (Å²) < 4.78 is 5.10. The van der Waals surface area contributed by atoms with E-state index >= 15 is 0 Å². The molecule has 0 saturated carbocycles. The number of rotatable bonds is 3. The van der Waals surface area contributed by atoms with Gasteiger partial charge in [0.25, 0.3) is 0 Å². The molecule has 0 unspecified atom stereocenters. The smallest absolute Gasteiger partial charge is 0.0713 e. The molecule has 0 saturated heterocycles. The van der Waals surface area contributed by atoms with Crippen LogP contribution in [0.15, 0.2) is 41.8 Å². The van der Waals surface area contributed by atoms with Crippen molar-refractivity contribution in [3.63, 3.8) is 0 Å². The minimum absolute atomic E-state index is 0.680. The van der Waals surface area contributed by atoms with Gasteiger partial charge in [-0.25, -0.2) is 0 Å². The van der Waals surface area contributed by atoms with Gasteiger partial charge in [0.15, 0.2) is 0 Å². The van der Waals surface area contributed by atoms with Crippen LogP contribution in [0.5, 0.6) is 0 Å². The van der Waals surface area contributed by atoms with Crippen LogP contribution < -0.4 is 0 Å². The van der Waals surface area contributed by atoms with E-state index in [1.807, 2.05) is 0 Å². The van der Waals surface area contributed by atoms with Crippen LogP contribution >= 0.6 is 11.3 Å². The zero-order chi connectivity index (χ0) is 9.80. The van der Waals surface area contributed by atoms with Gasteiger partial charge in [0.1, 0.15) is 0 Å². The van der Waals surface area contributed by atoms with Crippen molar-refractivity contribution in [2.75, 3.05) is 7.11 Å². The summed E-state index contributed by atoms with van der Waals surface area (Å²) in [5, 5.41) is 2.10. The molecule has 0 aliphatic rings. The van der Waals surface area contributed by atoms with E-state index < -0.39 is 0 Å². The lowest BCUT2D eigenvalue weighted by Crippen LogP contribution is -1.86. The summed E-state index contributed by atoms with van der Waals surface area (Å²) in [5.41, 5.74) is 2.49. The van der Waals surface area contributed by atoms with Gasteiger partial charge in [-0.15, -0.1) is 11.3 Å². The SMILES string of the molecule is COCc1cccc(-c2cccs2)c1. The molecule has 2 heteroatoms. The molecular formula is C12H12OS. The summed E-state index contributed by atoms with van der Waals surface area (Å²) in [6.45, 7) is 0.680. The molecule has 0 fully saturated rings. The molecule has 0 spiro atoms. The molecule has 0 atom stereocenters. The van der Waals surface area contributed by atoms with E-state index in [-0.39, 0.29) is 0 Å². The van der Waals surface area contributed by atoms with Crippen LogP contribution in [0.25, 0.3) is 10.4 Å². The Kier molecular flexibility index (Phi) is 2.96. The quantitative estimate of drug-likeness (QED) is 0.742. The highest BCUT2D eigenvalue weighted by Crippen LogP contribution is 2.25. The summed E-state index contributed by atoms with van der Waals surface area (Å²) in [5.74, 6) is 0. The Labute approximate surface area is 88.0 Å². The van der Waals surface area contributed by atoms with E-state index in [9.17, 15) is 0 Å².